The molecule has 0 aliphatic heterocycles. The number of carbonyl (C=O) groups is 2. The van der Waals surface area contributed by atoms with Gasteiger partial charge >= 0.3 is 12.1 Å². The number of nitrogens with zero attached hydrogens (tertiary/aromatic N) is 1. The van der Waals surface area contributed by atoms with Crippen molar-refractivity contribution in [2.45, 2.75) is 38.2 Å². The van der Waals surface area contributed by atoms with Crippen LogP contribution in [-0.4, -0.2) is 34.4 Å². The number of nitro groups is 1. The molecule has 2 aromatic carbocycles. The summed E-state index contributed by atoms with van der Waals surface area (Å²) in [6, 6.07) is 13.9. The molecule has 0 radical (unpaired) electrons. The monoisotopic (exact) mass is 432 g/mol. The molecule has 30 heavy (non-hydrogen) atoms. The number of thioether (sulfide) groups is 1. The number of nitrogens with one attached hydrogen (secondary N) is 1. The quantitative estimate of drug-likeness (QED) is 0.286. The molecule has 8 nitrogen and oxygen atoms in total. The van der Waals surface area contributed by atoms with Gasteiger partial charge in [-0.05, 0) is 38.5 Å². The lowest BCUT2D eigenvalue weighted by Gasteiger charge is -2.22. The Morgan fingerprint density at radius 2 is 1.73 bits per heavy atom. The van der Waals surface area contributed by atoms with Crippen LogP contribution in [0.2, 0.25) is 0 Å². The highest BCUT2D eigenvalue weighted by Crippen LogP contribution is 2.19. The molecule has 0 heterocycles. The predicted octanol–water partition coefficient (Wildman–Crippen LogP) is 4.33. The molecule has 1 atom stereocenters. The van der Waals surface area contributed by atoms with E-state index in [9.17, 15) is 19.7 Å². The van der Waals surface area contributed by atoms with E-state index in [1.807, 2.05) is 30.3 Å². The molecule has 0 aliphatic carbocycles. The first-order chi connectivity index (χ1) is 14.1. The smallest absolute Gasteiger partial charge is 0.408 e. The van der Waals surface area contributed by atoms with Gasteiger partial charge in [0.05, 0.1) is 4.92 Å². The first-order valence-electron chi connectivity index (χ1n) is 9.21. The standard InChI is InChI=1S/C21H24N2O6S/c1-21(2,3)29-20(25)22-18(14-30-13-15-7-5-4-6-8-15)19(24)28-17-11-9-16(10-12-17)23(26)27/h4-12,18H,13-14H2,1-3H3,(H,22,25). The molecule has 1 unspecified atom stereocenters. The molecular formula is C21H24N2O6S. The molecule has 0 spiro atoms. The number of benzene rings is 2. The van der Waals surface area contributed by atoms with Crippen molar-refractivity contribution >= 4 is 29.5 Å². The highest BCUT2D eigenvalue weighted by atomic mass is 32.2. The molecule has 0 fully saturated rings. The Bertz CT molecular complexity index is 865. The van der Waals surface area contributed by atoms with Gasteiger partial charge in [-0.3, -0.25) is 10.1 Å². The van der Waals surface area contributed by atoms with E-state index in [1.54, 1.807) is 20.8 Å². The van der Waals surface area contributed by atoms with E-state index in [2.05, 4.69) is 5.32 Å². The maximum Gasteiger partial charge on any atom is 0.408 e. The van der Waals surface area contributed by atoms with E-state index in [4.69, 9.17) is 9.47 Å². The van der Waals surface area contributed by atoms with Crippen LogP contribution < -0.4 is 10.1 Å². The third-order valence-corrected chi connectivity index (χ3v) is 4.74. The molecular weight excluding hydrogens is 408 g/mol. The summed E-state index contributed by atoms with van der Waals surface area (Å²) >= 11 is 1.46. The summed E-state index contributed by atoms with van der Waals surface area (Å²) < 4.78 is 10.5. The average molecular weight is 432 g/mol. The number of ether oxygens (including phenoxy) is 2. The molecule has 2 rings (SSSR count). The molecule has 1 N–H and O–H groups in total. The van der Waals surface area contributed by atoms with Gasteiger partial charge in [0, 0.05) is 23.6 Å². The molecule has 0 aromatic heterocycles. The number of non-ortho nitro benzene ring substituents is 1. The van der Waals surface area contributed by atoms with Crippen LogP contribution >= 0.6 is 11.8 Å². The summed E-state index contributed by atoms with van der Waals surface area (Å²) in [5.41, 5.74) is 0.257. The van der Waals surface area contributed by atoms with Crippen LogP contribution in [0.4, 0.5) is 10.5 Å². The highest BCUT2D eigenvalue weighted by molar-refractivity contribution is 7.98. The van der Waals surface area contributed by atoms with Crippen molar-refractivity contribution in [2.75, 3.05) is 5.75 Å². The minimum Gasteiger partial charge on any atom is -0.444 e. The maximum atomic E-state index is 12.6. The van der Waals surface area contributed by atoms with E-state index < -0.39 is 28.6 Å². The van der Waals surface area contributed by atoms with E-state index in [-0.39, 0.29) is 17.2 Å². The van der Waals surface area contributed by atoms with Gasteiger partial charge in [0.15, 0.2) is 0 Å². The summed E-state index contributed by atoms with van der Waals surface area (Å²) in [7, 11) is 0. The van der Waals surface area contributed by atoms with Crippen LogP contribution in [0.25, 0.3) is 0 Å². The zero-order valence-electron chi connectivity index (χ0n) is 17.0. The van der Waals surface area contributed by atoms with Gasteiger partial charge in [0.1, 0.15) is 17.4 Å². The van der Waals surface area contributed by atoms with E-state index in [0.29, 0.717) is 5.75 Å². The number of nitro benzene ring substituents is 1. The van der Waals surface area contributed by atoms with Crippen LogP contribution in [0.1, 0.15) is 26.3 Å². The third kappa shape index (κ3) is 8.12. The maximum absolute atomic E-state index is 12.6. The number of hydrogen-bond donors (Lipinski definition) is 1. The van der Waals surface area contributed by atoms with Gasteiger partial charge in [-0.1, -0.05) is 30.3 Å². The number of rotatable bonds is 8. The fraction of sp³-hybridized carbons (Fsp3) is 0.333. The summed E-state index contributed by atoms with van der Waals surface area (Å²) in [6.45, 7) is 5.17. The second-order valence-corrected chi connectivity index (χ2v) is 8.40. The predicted molar refractivity (Wildman–Crippen MR) is 114 cm³/mol. The second kappa shape index (κ2) is 10.6. The zero-order chi connectivity index (χ0) is 22.1. The SMILES string of the molecule is CC(C)(C)OC(=O)NC(CSCc1ccccc1)C(=O)Oc1ccc([N+](=O)[O-])cc1. The Hall–Kier alpha value is -3.07. The fourth-order valence-corrected chi connectivity index (χ4v) is 3.31. The Morgan fingerprint density at radius 1 is 1.10 bits per heavy atom. The molecule has 0 saturated carbocycles. The Morgan fingerprint density at radius 3 is 2.30 bits per heavy atom. The fourth-order valence-electron chi connectivity index (χ4n) is 2.31. The lowest BCUT2D eigenvalue weighted by atomic mass is 10.2. The number of esters is 1. The largest absolute Gasteiger partial charge is 0.444 e. The number of alkyl carbamates (subject to hydrolysis) is 1. The van der Waals surface area contributed by atoms with Crippen molar-refractivity contribution in [3.63, 3.8) is 0 Å². The van der Waals surface area contributed by atoms with Gasteiger partial charge in [-0.25, -0.2) is 9.59 Å². The number of hydrogen-bond acceptors (Lipinski definition) is 7. The minimum atomic E-state index is -0.955. The first-order valence-corrected chi connectivity index (χ1v) is 10.4. The van der Waals surface area contributed by atoms with Gasteiger partial charge < -0.3 is 14.8 Å². The normalized spacial score (nSPS) is 12.0. The minimum absolute atomic E-state index is 0.114. The summed E-state index contributed by atoms with van der Waals surface area (Å²) in [4.78, 5) is 35.0. The molecule has 0 aliphatic rings. The van der Waals surface area contributed by atoms with E-state index in [1.165, 1.54) is 36.0 Å². The van der Waals surface area contributed by atoms with Crippen LogP contribution in [0, 0.1) is 10.1 Å². The molecule has 160 valence electrons. The summed E-state index contributed by atoms with van der Waals surface area (Å²) in [5, 5.41) is 13.3. The van der Waals surface area contributed by atoms with Crippen molar-refractivity contribution in [3.05, 3.63) is 70.3 Å². The average Bonchev–Trinajstić information content (AvgIpc) is 2.67. The molecule has 2 aromatic rings. The molecule has 9 heteroatoms. The molecule has 1 amide bonds. The topological polar surface area (TPSA) is 108 Å². The first kappa shape index (κ1) is 23.2. The lowest BCUT2D eigenvalue weighted by Crippen LogP contribution is -2.46. The number of amides is 1. The van der Waals surface area contributed by atoms with Gasteiger partial charge in [0.2, 0.25) is 0 Å². The van der Waals surface area contributed by atoms with Crippen LogP contribution in [0.3, 0.4) is 0 Å². The summed E-state index contributed by atoms with van der Waals surface area (Å²) in [5.74, 6) is 0.378. The van der Waals surface area contributed by atoms with Crippen molar-refractivity contribution in [3.8, 4) is 5.75 Å². The van der Waals surface area contributed by atoms with Crippen molar-refractivity contribution < 1.29 is 24.0 Å². The van der Waals surface area contributed by atoms with E-state index in [0.717, 1.165) is 5.56 Å². The Labute approximate surface area is 179 Å². The van der Waals surface area contributed by atoms with Crippen molar-refractivity contribution in [1.82, 2.24) is 5.32 Å². The third-order valence-electron chi connectivity index (χ3n) is 3.64. The van der Waals surface area contributed by atoms with Crippen molar-refractivity contribution in [2.24, 2.45) is 0 Å². The molecule has 0 saturated heterocycles. The Kier molecular flexibility index (Phi) is 8.23. The lowest BCUT2D eigenvalue weighted by molar-refractivity contribution is -0.384. The van der Waals surface area contributed by atoms with E-state index >= 15 is 0 Å². The van der Waals surface area contributed by atoms with Gasteiger partial charge in [0.25, 0.3) is 5.69 Å². The zero-order valence-corrected chi connectivity index (χ0v) is 17.8. The van der Waals surface area contributed by atoms with Gasteiger partial charge in [-0.2, -0.15) is 11.8 Å². The van der Waals surface area contributed by atoms with Crippen LogP contribution in [-0.2, 0) is 15.3 Å². The van der Waals surface area contributed by atoms with Crippen LogP contribution in [0.5, 0.6) is 5.75 Å². The summed E-state index contributed by atoms with van der Waals surface area (Å²) in [6.07, 6.45) is -0.728. The van der Waals surface area contributed by atoms with Crippen LogP contribution in [0.15, 0.2) is 54.6 Å². The highest BCUT2D eigenvalue weighted by Gasteiger charge is 2.26. The number of carbonyl (C=O) groups excluding carboxylic acids is 2. The van der Waals surface area contributed by atoms with Crippen molar-refractivity contribution in [1.29, 1.82) is 0 Å². The molecule has 0 bridgehead atoms. The van der Waals surface area contributed by atoms with Gasteiger partial charge in [-0.15, -0.1) is 0 Å². The second-order valence-electron chi connectivity index (χ2n) is 7.37. The Balaban J connectivity index is 2.03.